The predicted octanol–water partition coefficient (Wildman–Crippen LogP) is 4.22. The molecule has 1 aliphatic carbocycles. The first kappa shape index (κ1) is 21.2. The molecule has 1 fully saturated rings. The number of hydrogen-bond donors (Lipinski definition) is 2. The van der Waals surface area contributed by atoms with Gasteiger partial charge in [-0.3, -0.25) is 0 Å². The first-order valence-electron chi connectivity index (χ1n) is 10.8. The summed E-state index contributed by atoms with van der Waals surface area (Å²) in [7, 11) is -3.48. The van der Waals surface area contributed by atoms with Crippen LogP contribution in [0, 0.1) is 26.2 Å². The minimum Gasteiger partial charge on any atom is -0.508 e. The molecule has 2 N–H and O–H groups in total. The quantitative estimate of drug-likeness (QED) is 0.676. The summed E-state index contributed by atoms with van der Waals surface area (Å²) in [6, 6.07) is 8.88. The van der Waals surface area contributed by atoms with E-state index >= 15 is 0 Å². The first-order valence-corrected chi connectivity index (χ1v) is 12.3. The highest BCUT2D eigenvalue weighted by Crippen LogP contribution is 2.51. The molecule has 1 heterocycles. The van der Waals surface area contributed by atoms with Crippen molar-refractivity contribution in [3.05, 3.63) is 52.6 Å². The molecule has 2 aromatic rings. The summed E-state index contributed by atoms with van der Waals surface area (Å²) in [6.45, 7) is 8.22. The number of hydrogen-bond acceptors (Lipinski definition) is 4. The van der Waals surface area contributed by atoms with Crippen LogP contribution in [0.2, 0.25) is 0 Å². The fourth-order valence-electron chi connectivity index (χ4n) is 4.95. The lowest BCUT2D eigenvalue weighted by Gasteiger charge is -2.51. The Bertz CT molecular complexity index is 1040. The number of rotatable bonds is 6. The Morgan fingerprint density at radius 1 is 1.10 bits per heavy atom. The van der Waals surface area contributed by atoms with E-state index in [0.29, 0.717) is 22.6 Å². The van der Waals surface area contributed by atoms with Crippen molar-refractivity contribution in [3.8, 4) is 5.75 Å². The van der Waals surface area contributed by atoms with Crippen molar-refractivity contribution in [2.24, 2.45) is 5.41 Å². The van der Waals surface area contributed by atoms with E-state index in [9.17, 15) is 13.5 Å². The van der Waals surface area contributed by atoms with E-state index in [1.54, 1.807) is 12.1 Å². The second-order valence-corrected chi connectivity index (χ2v) is 10.9. The fourth-order valence-corrected chi connectivity index (χ4v) is 6.02. The van der Waals surface area contributed by atoms with Crippen molar-refractivity contribution in [1.82, 2.24) is 4.72 Å². The number of aromatic hydroxyl groups is 1. The smallest absolute Gasteiger partial charge is 0.240 e. The largest absolute Gasteiger partial charge is 0.508 e. The topological polar surface area (TPSA) is 69.6 Å². The maximum atomic E-state index is 12.5. The van der Waals surface area contributed by atoms with Gasteiger partial charge in [0.25, 0.3) is 0 Å². The van der Waals surface area contributed by atoms with Crippen molar-refractivity contribution in [1.29, 1.82) is 0 Å². The summed E-state index contributed by atoms with van der Waals surface area (Å²) in [5.74, 6) is 0.383. The first-order chi connectivity index (χ1) is 14.2. The molecule has 6 heteroatoms. The van der Waals surface area contributed by atoms with Gasteiger partial charge in [-0.15, -0.1) is 0 Å². The van der Waals surface area contributed by atoms with Crippen LogP contribution in [0.3, 0.4) is 0 Å². The Morgan fingerprint density at radius 2 is 1.80 bits per heavy atom. The van der Waals surface area contributed by atoms with Gasteiger partial charge in [0.1, 0.15) is 5.75 Å². The van der Waals surface area contributed by atoms with Crippen LogP contribution >= 0.6 is 0 Å². The molecule has 1 spiro atoms. The molecule has 0 atom stereocenters. The average molecular weight is 429 g/mol. The highest BCUT2D eigenvalue weighted by Gasteiger charge is 2.43. The monoisotopic (exact) mass is 428 g/mol. The van der Waals surface area contributed by atoms with Crippen LogP contribution in [0.5, 0.6) is 5.75 Å². The van der Waals surface area contributed by atoms with E-state index in [2.05, 4.69) is 16.5 Å². The van der Waals surface area contributed by atoms with Gasteiger partial charge in [-0.1, -0.05) is 24.1 Å². The lowest BCUT2D eigenvalue weighted by molar-refractivity contribution is 0.134. The number of aryl methyl sites for hydroxylation is 1. The van der Waals surface area contributed by atoms with Gasteiger partial charge in [0, 0.05) is 25.3 Å². The molecule has 2 aromatic carbocycles. The average Bonchev–Trinajstić information content (AvgIpc) is 2.68. The minimum absolute atomic E-state index is 0.312. The van der Waals surface area contributed by atoms with E-state index in [-0.39, 0.29) is 0 Å². The molecule has 0 unspecified atom stereocenters. The molecule has 30 heavy (non-hydrogen) atoms. The Labute approximate surface area is 180 Å². The molecule has 4 rings (SSSR count). The maximum absolute atomic E-state index is 12.5. The molecule has 1 aliphatic heterocycles. The van der Waals surface area contributed by atoms with E-state index in [0.717, 1.165) is 42.6 Å². The molecule has 2 aliphatic rings. The molecule has 0 bridgehead atoms. The lowest BCUT2D eigenvalue weighted by Crippen LogP contribution is -2.48. The number of sulfonamides is 1. The second kappa shape index (κ2) is 7.89. The Morgan fingerprint density at radius 3 is 2.43 bits per heavy atom. The van der Waals surface area contributed by atoms with Crippen LogP contribution in [0.1, 0.15) is 47.9 Å². The number of fused-ring (bicyclic) bond motifs is 1. The lowest BCUT2D eigenvalue weighted by atomic mass is 9.63. The van der Waals surface area contributed by atoms with Crippen LogP contribution < -0.4 is 9.62 Å². The van der Waals surface area contributed by atoms with Crippen LogP contribution in [0.25, 0.3) is 0 Å². The summed E-state index contributed by atoms with van der Waals surface area (Å²) in [5.41, 5.74) is 5.91. The normalized spacial score (nSPS) is 17.6. The van der Waals surface area contributed by atoms with E-state index in [4.69, 9.17) is 0 Å². The minimum atomic E-state index is -3.48. The molecular formula is C24H32N2O3S. The summed E-state index contributed by atoms with van der Waals surface area (Å²) < 4.78 is 27.8. The van der Waals surface area contributed by atoms with Crippen molar-refractivity contribution in [2.45, 2.75) is 57.8 Å². The van der Waals surface area contributed by atoms with Gasteiger partial charge in [-0.2, -0.15) is 0 Å². The van der Waals surface area contributed by atoms with E-state index in [1.165, 1.54) is 30.5 Å². The zero-order chi connectivity index (χ0) is 21.5. The van der Waals surface area contributed by atoms with Gasteiger partial charge in [-0.05, 0) is 86.8 Å². The maximum Gasteiger partial charge on any atom is 0.240 e. The van der Waals surface area contributed by atoms with Crippen LogP contribution in [0.4, 0.5) is 5.69 Å². The molecule has 0 amide bonds. The zero-order valence-corrected chi connectivity index (χ0v) is 19.0. The van der Waals surface area contributed by atoms with Crippen LogP contribution in [-0.2, 0) is 16.4 Å². The molecule has 0 radical (unpaired) electrons. The van der Waals surface area contributed by atoms with Gasteiger partial charge >= 0.3 is 0 Å². The highest BCUT2D eigenvalue weighted by molar-refractivity contribution is 7.89. The van der Waals surface area contributed by atoms with Gasteiger partial charge < -0.3 is 10.0 Å². The third-order valence-corrected chi connectivity index (χ3v) is 8.44. The molecule has 5 nitrogen and oxygen atoms in total. The molecule has 162 valence electrons. The van der Waals surface area contributed by atoms with Gasteiger partial charge in [0.15, 0.2) is 0 Å². The number of nitrogens with one attached hydrogen (secondary N) is 1. The molecule has 0 aromatic heterocycles. The van der Waals surface area contributed by atoms with E-state index in [1.807, 2.05) is 32.0 Å². The molecule has 0 saturated heterocycles. The number of nitrogens with zero attached hydrogens (tertiary/aromatic N) is 1. The van der Waals surface area contributed by atoms with Crippen LogP contribution in [0.15, 0.2) is 35.2 Å². The van der Waals surface area contributed by atoms with Gasteiger partial charge in [0.05, 0.1) is 4.90 Å². The van der Waals surface area contributed by atoms with E-state index < -0.39 is 10.0 Å². The SMILES string of the molecule is Cc1ccc(S(=O)(=O)NCCCN2CC3(CCC3)Cc3cc(O)c(C)c(C)c32)cc1. The second-order valence-electron chi connectivity index (χ2n) is 9.17. The Kier molecular flexibility index (Phi) is 5.58. The molecule has 1 saturated carbocycles. The number of benzene rings is 2. The van der Waals surface area contributed by atoms with Crippen molar-refractivity contribution in [3.63, 3.8) is 0 Å². The van der Waals surface area contributed by atoms with Crippen LogP contribution in [-0.4, -0.2) is 33.2 Å². The highest BCUT2D eigenvalue weighted by atomic mass is 32.2. The van der Waals surface area contributed by atoms with Crippen molar-refractivity contribution in [2.75, 3.05) is 24.5 Å². The van der Waals surface area contributed by atoms with Gasteiger partial charge in [0.2, 0.25) is 10.0 Å². The summed E-state index contributed by atoms with van der Waals surface area (Å²) in [5, 5.41) is 10.3. The number of phenols is 1. The third kappa shape index (κ3) is 3.95. The summed E-state index contributed by atoms with van der Waals surface area (Å²) in [4.78, 5) is 2.74. The summed E-state index contributed by atoms with van der Waals surface area (Å²) in [6.07, 6.45) is 5.51. The Balaban J connectivity index is 1.46. The van der Waals surface area contributed by atoms with Gasteiger partial charge in [-0.25, -0.2) is 13.1 Å². The fraction of sp³-hybridized carbons (Fsp3) is 0.500. The number of phenolic OH excluding ortho intramolecular Hbond substituents is 1. The van der Waals surface area contributed by atoms with Crippen molar-refractivity contribution >= 4 is 15.7 Å². The summed E-state index contributed by atoms with van der Waals surface area (Å²) >= 11 is 0. The third-order valence-electron chi connectivity index (χ3n) is 6.97. The van der Waals surface area contributed by atoms with Crippen molar-refractivity contribution < 1.29 is 13.5 Å². The number of anilines is 1. The zero-order valence-electron chi connectivity index (χ0n) is 18.2. The molecular weight excluding hydrogens is 396 g/mol. The standard InChI is InChI=1S/C24H32N2O3S/c1-17-6-8-21(9-7-17)30(28,29)25-12-5-13-26-16-24(10-4-11-24)15-20-14-22(27)18(2)19(3)23(20)26/h6-9,14,25,27H,4-5,10-13,15-16H2,1-3H3. The predicted molar refractivity (Wildman–Crippen MR) is 121 cm³/mol. The Hall–Kier alpha value is -2.05.